The Hall–Kier alpha value is -2.35. The highest BCUT2D eigenvalue weighted by Crippen LogP contribution is 2.34. The predicted molar refractivity (Wildman–Crippen MR) is 103 cm³/mol. The molecule has 2 aliphatic rings. The van der Waals surface area contributed by atoms with Crippen molar-refractivity contribution in [1.29, 1.82) is 0 Å². The molecule has 0 atom stereocenters. The first-order valence-electron chi connectivity index (χ1n) is 9.33. The number of nitrogens with zero attached hydrogens (tertiary/aromatic N) is 5. The van der Waals surface area contributed by atoms with E-state index in [0.29, 0.717) is 17.0 Å². The molecule has 27 heavy (non-hydrogen) atoms. The van der Waals surface area contributed by atoms with Gasteiger partial charge < -0.3 is 9.64 Å². The van der Waals surface area contributed by atoms with E-state index in [-0.39, 0.29) is 5.91 Å². The second-order valence-corrected chi connectivity index (χ2v) is 7.74. The van der Waals surface area contributed by atoms with Gasteiger partial charge in [-0.2, -0.15) is 4.68 Å². The number of hydrogen-bond donors (Lipinski definition) is 0. The lowest BCUT2D eigenvalue weighted by molar-refractivity contribution is -0.127. The SMILES string of the molecule is COc1ccc(-n2nnnc2SCC(=O)N(C2=CCCCC2)C2CC2)cc1. The molecule has 1 aromatic carbocycles. The number of methoxy groups -OCH3 is 1. The first kappa shape index (κ1) is 18.0. The molecule has 0 saturated heterocycles. The molecular weight excluding hydrogens is 362 g/mol. The average Bonchev–Trinajstić information content (AvgIpc) is 3.43. The number of amides is 1. The maximum Gasteiger partial charge on any atom is 0.237 e. The van der Waals surface area contributed by atoms with Gasteiger partial charge in [0.15, 0.2) is 0 Å². The van der Waals surface area contributed by atoms with Crippen molar-refractivity contribution in [2.75, 3.05) is 12.9 Å². The Bertz CT molecular complexity index is 829. The largest absolute Gasteiger partial charge is 0.497 e. The Kier molecular flexibility index (Phi) is 5.42. The van der Waals surface area contributed by atoms with Gasteiger partial charge in [0.1, 0.15) is 5.75 Å². The second kappa shape index (κ2) is 8.12. The molecule has 0 unspecified atom stereocenters. The van der Waals surface area contributed by atoms with Gasteiger partial charge in [0.25, 0.3) is 0 Å². The van der Waals surface area contributed by atoms with Crippen LogP contribution in [0.15, 0.2) is 41.2 Å². The molecule has 0 bridgehead atoms. The zero-order valence-corrected chi connectivity index (χ0v) is 16.2. The van der Waals surface area contributed by atoms with Crippen molar-refractivity contribution in [3.8, 4) is 11.4 Å². The van der Waals surface area contributed by atoms with Gasteiger partial charge in [0.2, 0.25) is 11.1 Å². The summed E-state index contributed by atoms with van der Waals surface area (Å²) >= 11 is 1.38. The third-order valence-corrected chi connectivity index (χ3v) is 5.74. The predicted octanol–water partition coefficient (Wildman–Crippen LogP) is 3.21. The molecule has 1 aromatic heterocycles. The quantitative estimate of drug-likeness (QED) is 0.682. The minimum Gasteiger partial charge on any atom is -0.497 e. The summed E-state index contributed by atoms with van der Waals surface area (Å²) in [7, 11) is 1.63. The Labute approximate surface area is 162 Å². The first-order valence-corrected chi connectivity index (χ1v) is 10.3. The van der Waals surface area contributed by atoms with Crippen LogP contribution in [0.3, 0.4) is 0 Å². The Morgan fingerprint density at radius 1 is 1.30 bits per heavy atom. The van der Waals surface area contributed by atoms with Crippen molar-refractivity contribution in [3.63, 3.8) is 0 Å². The van der Waals surface area contributed by atoms with Crippen LogP contribution >= 0.6 is 11.8 Å². The molecule has 0 N–H and O–H groups in total. The van der Waals surface area contributed by atoms with Gasteiger partial charge in [0, 0.05) is 11.7 Å². The molecule has 1 heterocycles. The van der Waals surface area contributed by atoms with Crippen LogP contribution in [0.25, 0.3) is 5.69 Å². The van der Waals surface area contributed by atoms with Crippen LogP contribution in [0.2, 0.25) is 0 Å². The van der Waals surface area contributed by atoms with Gasteiger partial charge in [-0.1, -0.05) is 17.8 Å². The zero-order valence-electron chi connectivity index (χ0n) is 15.4. The lowest BCUT2D eigenvalue weighted by Gasteiger charge is -2.27. The maximum atomic E-state index is 12.9. The highest BCUT2D eigenvalue weighted by atomic mass is 32.2. The van der Waals surface area contributed by atoms with Crippen LogP contribution in [0, 0.1) is 0 Å². The maximum absolute atomic E-state index is 12.9. The summed E-state index contributed by atoms with van der Waals surface area (Å²) in [5, 5.41) is 12.5. The normalized spacial score (nSPS) is 16.7. The molecule has 4 rings (SSSR count). The van der Waals surface area contributed by atoms with E-state index in [4.69, 9.17) is 4.74 Å². The van der Waals surface area contributed by atoms with Crippen LogP contribution in [0.1, 0.15) is 38.5 Å². The molecule has 0 aliphatic heterocycles. The van der Waals surface area contributed by atoms with E-state index in [9.17, 15) is 4.79 Å². The minimum atomic E-state index is 0.153. The number of ether oxygens (including phenoxy) is 1. The molecule has 142 valence electrons. The van der Waals surface area contributed by atoms with E-state index in [2.05, 4.69) is 21.6 Å². The number of carbonyl (C=O) groups excluding carboxylic acids is 1. The summed E-state index contributed by atoms with van der Waals surface area (Å²) in [6.07, 6.45) is 8.94. The van der Waals surface area contributed by atoms with Gasteiger partial charge in [-0.3, -0.25) is 4.79 Å². The first-order chi connectivity index (χ1) is 13.3. The van der Waals surface area contributed by atoms with Crippen LogP contribution in [0.5, 0.6) is 5.75 Å². The zero-order chi connectivity index (χ0) is 18.6. The number of carbonyl (C=O) groups is 1. The van der Waals surface area contributed by atoms with Crippen molar-refractivity contribution in [1.82, 2.24) is 25.1 Å². The molecule has 2 aliphatic carbocycles. The lowest BCUT2D eigenvalue weighted by Crippen LogP contribution is -2.34. The van der Waals surface area contributed by atoms with Crippen LogP contribution in [-0.2, 0) is 4.79 Å². The van der Waals surface area contributed by atoms with E-state index >= 15 is 0 Å². The van der Waals surface area contributed by atoms with Gasteiger partial charge >= 0.3 is 0 Å². The van der Waals surface area contributed by atoms with E-state index < -0.39 is 0 Å². The van der Waals surface area contributed by atoms with E-state index in [1.165, 1.54) is 30.3 Å². The standard InChI is InChI=1S/C19H23N5O2S/c1-26-17-11-9-16(10-12-17)24-19(20-21-22-24)27-13-18(25)23(15-7-8-15)14-5-3-2-4-6-14/h5,9-12,15H,2-4,6-8,13H2,1H3. The molecule has 8 heteroatoms. The van der Waals surface area contributed by atoms with E-state index in [1.807, 2.05) is 29.2 Å². The number of aromatic nitrogens is 4. The van der Waals surface area contributed by atoms with Crippen molar-refractivity contribution in [2.24, 2.45) is 0 Å². The fourth-order valence-electron chi connectivity index (χ4n) is 3.32. The molecule has 2 aromatic rings. The van der Waals surface area contributed by atoms with Gasteiger partial charge in [-0.15, -0.1) is 5.10 Å². The number of benzene rings is 1. The molecule has 1 fully saturated rings. The monoisotopic (exact) mass is 385 g/mol. The second-order valence-electron chi connectivity index (χ2n) is 6.80. The Balaban J connectivity index is 1.44. The highest BCUT2D eigenvalue weighted by Gasteiger charge is 2.35. The Morgan fingerprint density at radius 3 is 2.78 bits per heavy atom. The summed E-state index contributed by atoms with van der Waals surface area (Å²) in [6, 6.07) is 7.90. The highest BCUT2D eigenvalue weighted by molar-refractivity contribution is 7.99. The minimum absolute atomic E-state index is 0.153. The number of hydrogen-bond acceptors (Lipinski definition) is 6. The Morgan fingerprint density at radius 2 is 2.11 bits per heavy atom. The van der Waals surface area contributed by atoms with Crippen LogP contribution in [-0.4, -0.2) is 49.9 Å². The fourth-order valence-corrected chi connectivity index (χ4v) is 4.07. The fraction of sp³-hybridized carbons (Fsp3) is 0.474. The van der Waals surface area contributed by atoms with Gasteiger partial charge in [0.05, 0.1) is 18.6 Å². The summed E-state index contributed by atoms with van der Waals surface area (Å²) < 4.78 is 6.84. The van der Waals surface area contributed by atoms with Gasteiger partial charge in [-0.05, 0) is 73.2 Å². The van der Waals surface area contributed by atoms with Crippen molar-refractivity contribution in [3.05, 3.63) is 36.0 Å². The third kappa shape index (κ3) is 4.16. The average molecular weight is 385 g/mol. The molecule has 1 amide bonds. The molecule has 0 spiro atoms. The molecule has 0 radical (unpaired) electrons. The number of rotatable bonds is 7. The number of allylic oxidation sites excluding steroid dienone is 2. The summed E-state index contributed by atoms with van der Waals surface area (Å²) in [5.74, 6) is 1.27. The summed E-state index contributed by atoms with van der Waals surface area (Å²) in [4.78, 5) is 15.0. The number of thioether (sulfide) groups is 1. The smallest absolute Gasteiger partial charge is 0.237 e. The number of tetrazole rings is 1. The summed E-state index contributed by atoms with van der Waals surface area (Å²) in [5.41, 5.74) is 2.05. The van der Waals surface area contributed by atoms with Crippen LogP contribution < -0.4 is 4.74 Å². The molecule has 1 saturated carbocycles. The van der Waals surface area contributed by atoms with Crippen molar-refractivity contribution in [2.45, 2.75) is 49.7 Å². The van der Waals surface area contributed by atoms with Gasteiger partial charge in [-0.25, -0.2) is 0 Å². The topological polar surface area (TPSA) is 73.1 Å². The lowest BCUT2D eigenvalue weighted by atomic mass is 10.0. The summed E-state index contributed by atoms with van der Waals surface area (Å²) in [6.45, 7) is 0. The third-order valence-electron chi connectivity index (χ3n) is 4.84. The van der Waals surface area contributed by atoms with E-state index in [0.717, 1.165) is 37.1 Å². The van der Waals surface area contributed by atoms with Crippen molar-refractivity contribution >= 4 is 17.7 Å². The molecular formula is C19H23N5O2S. The van der Waals surface area contributed by atoms with E-state index in [1.54, 1.807) is 11.8 Å². The van der Waals surface area contributed by atoms with Crippen molar-refractivity contribution < 1.29 is 9.53 Å². The molecule has 7 nitrogen and oxygen atoms in total. The van der Waals surface area contributed by atoms with Crippen LogP contribution in [0.4, 0.5) is 0 Å².